The van der Waals surface area contributed by atoms with Crippen LogP contribution in [0.25, 0.3) is 5.69 Å². The number of nitrogens with zero attached hydrogens (tertiary/aromatic N) is 3. The average Bonchev–Trinajstić information content (AvgIpc) is 2.74. The second-order valence-corrected chi connectivity index (χ2v) is 7.68. The molecule has 0 radical (unpaired) electrons. The highest BCUT2D eigenvalue weighted by molar-refractivity contribution is 6.32. The molecule has 2 heterocycles. The van der Waals surface area contributed by atoms with Crippen LogP contribution in [0.15, 0.2) is 46.1 Å². The molecule has 1 N–H and O–H groups in total. The molecule has 0 unspecified atom stereocenters. The maximum absolute atomic E-state index is 14.8. The zero-order chi connectivity index (χ0) is 26.1. The van der Waals surface area contributed by atoms with Crippen LogP contribution < -0.4 is 20.7 Å². The summed E-state index contributed by atoms with van der Waals surface area (Å²) in [6.45, 7) is 1.82. The number of benzene rings is 1. The van der Waals surface area contributed by atoms with Crippen LogP contribution >= 0.6 is 11.6 Å². The fourth-order valence-corrected chi connectivity index (χ4v) is 3.26. The minimum absolute atomic E-state index is 0.146. The third-order valence-corrected chi connectivity index (χ3v) is 4.77. The normalized spacial score (nSPS) is 11.5. The summed E-state index contributed by atoms with van der Waals surface area (Å²) in [6.07, 6.45) is -3.74. The number of alkyl halides is 3. The van der Waals surface area contributed by atoms with Crippen molar-refractivity contribution < 1.29 is 36.9 Å². The van der Waals surface area contributed by atoms with Crippen molar-refractivity contribution in [3.05, 3.63) is 73.9 Å². The van der Waals surface area contributed by atoms with E-state index in [1.54, 1.807) is 0 Å². The highest BCUT2D eigenvalue weighted by Gasteiger charge is 2.37. The number of ether oxygens (including phenoxy) is 2. The molecule has 0 spiro atoms. The molecule has 0 atom stereocenters. The Labute approximate surface area is 198 Å². The number of hydrogen-bond donors (Lipinski definition) is 1. The Morgan fingerprint density at radius 2 is 1.89 bits per heavy atom. The van der Waals surface area contributed by atoms with Crippen LogP contribution in [0.1, 0.15) is 25.6 Å². The van der Waals surface area contributed by atoms with E-state index in [-0.39, 0.29) is 33.0 Å². The minimum atomic E-state index is -5.01. The van der Waals surface area contributed by atoms with Gasteiger partial charge in [-0.05, 0) is 32.0 Å². The molecule has 2 aromatic heterocycles. The summed E-state index contributed by atoms with van der Waals surface area (Å²) in [6, 6.07) is 3.43. The molecular formula is C21H16ClF4N3O6. The van der Waals surface area contributed by atoms with Crippen LogP contribution in [0.5, 0.6) is 17.4 Å². The molecule has 0 bridgehead atoms. The van der Waals surface area contributed by atoms with Gasteiger partial charge in [0.1, 0.15) is 17.3 Å². The lowest BCUT2D eigenvalue weighted by atomic mass is 10.2. The predicted octanol–water partition coefficient (Wildman–Crippen LogP) is 4.04. The van der Waals surface area contributed by atoms with Gasteiger partial charge in [0.15, 0.2) is 12.4 Å². The van der Waals surface area contributed by atoms with E-state index in [9.17, 15) is 31.9 Å². The standard InChI is InChI=1S/C21H16ClF4N3O6/c1-10(2)28-16(21(24,25)26)8-17(30)29(20(28)33)13-7-15(11(22)6-12(13)23)35-14-4-3-5-27-19(14)34-9-18(31)32/h3-8,10H,9H2,1-2H3,(H,31,32). The van der Waals surface area contributed by atoms with E-state index in [1.165, 1.54) is 32.2 Å². The Kier molecular flexibility index (Phi) is 7.19. The van der Waals surface area contributed by atoms with Gasteiger partial charge in [0.25, 0.3) is 11.4 Å². The fraction of sp³-hybridized carbons (Fsp3) is 0.238. The topological polar surface area (TPSA) is 113 Å². The van der Waals surface area contributed by atoms with Crippen molar-refractivity contribution in [2.24, 2.45) is 0 Å². The molecule has 1 aromatic carbocycles. The van der Waals surface area contributed by atoms with E-state index in [0.29, 0.717) is 10.6 Å². The molecule has 0 fully saturated rings. The van der Waals surface area contributed by atoms with Crippen molar-refractivity contribution in [3.8, 4) is 23.1 Å². The molecule has 3 rings (SSSR count). The first-order valence-corrected chi connectivity index (χ1v) is 10.1. The van der Waals surface area contributed by atoms with Crippen LogP contribution in [0.2, 0.25) is 5.02 Å². The van der Waals surface area contributed by atoms with E-state index >= 15 is 0 Å². The smallest absolute Gasteiger partial charge is 0.431 e. The Morgan fingerprint density at radius 3 is 2.49 bits per heavy atom. The Morgan fingerprint density at radius 1 is 1.20 bits per heavy atom. The summed E-state index contributed by atoms with van der Waals surface area (Å²) in [7, 11) is 0. The molecule has 0 saturated heterocycles. The van der Waals surface area contributed by atoms with E-state index in [4.69, 9.17) is 26.2 Å². The van der Waals surface area contributed by atoms with Gasteiger partial charge in [-0.2, -0.15) is 13.2 Å². The number of rotatable bonds is 7. The third kappa shape index (κ3) is 5.45. The Hall–Kier alpha value is -3.87. The number of carboxylic acids is 1. The summed E-state index contributed by atoms with van der Waals surface area (Å²) >= 11 is 6.03. The number of carbonyl (C=O) groups is 1. The summed E-state index contributed by atoms with van der Waals surface area (Å²) in [4.78, 5) is 40.0. The van der Waals surface area contributed by atoms with E-state index in [0.717, 1.165) is 6.07 Å². The van der Waals surface area contributed by atoms with E-state index in [2.05, 4.69) is 4.98 Å². The monoisotopic (exact) mass is 517 g/mol. The zero-order valence-corrected chi connectivity index (χ0v) is 18.7. The van der Waals surface area contributed by atoms with E-state index in [1.807, 2.05) is 0 Å². The lowest BCUT2D eigenvalue weighted by Gasteiger charge is -2.20. The maximum atomic E-state index is 14.8. The van der Waals surface area contributed by atoms with Crippen LogP contribution in [0, 0.1) is 5.82 Å². The second kappa shape index (κ2) is 9.78. The number of aromatic nitrogens is 3. The fourth-order valence-electron chi connectivity index (χ4n) is 3.07. The molecule has 0 saturated carbocycles. The number of carboxylic acid groups (broad SMARTS) is 1. The molecule has 3 aromatic rings. The molecule has 186 valence electrons. The van der Waals surface area contributed by atoms with Crippen molar-refractivity contribution in [2.75, 3.05) is 6.61 Å². The molecule has 0 amide bonds. The van der Waals surface area contributed by atoms with Gasteiger partial charge in [0.05, 0.1) is 10.7 Å². The first-order valence-electron chi connectivity index (χ1n) is 9.74. The molecular weight excluding hydrogens is 502 g/mol. The lowest BCUT2D eigenvalue weighted by Crippen LogP contribution is -2.42. The summed E-state index contributed by atoms with van der Waals surface area (Å²) in [5.41, 5.74) is -5.07. The highest BCUT2D eigenvalue weighted by Crippen LogP contribution is 2.36. The van der Waals surface area contributed by atoms with Gasteiger partial charge in [-0.1, -0.05) is 11.6 Å². The van der Waals surface area contributed by atoms with E-state index < -0.39 is 53.2 Å². The van der Waals surface area contributed by atoms with Crippen LogP contribution in [0.4, 0.5) is 17.6 Å². The maximum Gasteiger partial charge on any atom is 0.431 e. The van der Waals surface area contributed by atoms with Crippen LogP contribution in [-0.4, -0.2) is 31.8 Å². The van der Waals surface area contributed by atoms with Gasteiger partial charge in [-0.3, -0.25) is 9.36 Å². The summed E-state index contributed by atoms with van der Waals surface area (Å²) < 4.78 is 66.1. The zero-order valence-electron chi connectivity index (χ0n) is 18.0. The molecule has 9 nitrogen and oxygen atoms in total. The van der Waals surface area contributed by atoms with Crippen molar-refractivity contribution in [2.45, 2.75) is 26.1 Å². The quantitative estimate of drug-likeness (QED) is 0.471. The number of halogens is 5. The SMILES string of the molecule is CC(C)n1c(C(F)(F)F)cc(=O)n(-c2cc(Oc3cccnc3OCC(=O)O)c(Cl)cc2F)c1=O. The van der Waals surface area contributed by atoms with Gasteiger partial charge in [0, 0.05) is 24.4 Å². The minimum Gasteiger partial charge on any atom is -0.479 e. The van der Waals surface area contributed by atoms with Crippen LogP contribution in [-0.2, 0) is 11.0 Å². The first kappa shape index (κ1) is 25.7. The second-order valence-electron chi connectivity index (χ2n) is 7.27. The largest absolute Gasteiger partial charge is 0.479 e. The summed E-state index contributed by atoms with van der Waals surface area (Å²) in [5, 5.41) is 8.45. The third-order valence-electron chi connectivity index (χ3n) is 4.48. The van der Waals surface area contributed by atoms with Crippen molar-refractivity contribution in [3.63, 3.8) is 0 Å². The lowest BCUT2D eigenvalue weighted by molar-refractivity contribution is -0.145. The van der Waals surface area contributed by atoms with Gasteiger partial charge < -0.3 is 14.6 Å². The highest BCUT2D eigenvalue weighted by atomic mass is 35.5. The molecule has 0 aliphatic carbocycles. The molecule has 0 aliphatic rings. The number of hydrogen-bond acceptors (Lipinski definition) is 6. The predicted molar refractivity (Wildman–Crippen MR) is 114 cm³/mol. The van der Waals surface area contributed by atoms with Gasteiger partial charge >= 0.3 is 17.8 Å². The van der Waals surface area contributed by atoms with Crippen LogP contribution in [0.3, 0.4) is 0 Å². The van der Waals surface area contributed by atoms with Gasteiger partial charge in [0.2, 0.25) is 0 Å². The number of aliphatic carboxylic acids is 1. The summed E-state index contributed by atoms with van der Waals surface area (Å²) in [5.74, 6) is -3.21. The average molecular weight is 518 g/mol. The molecule has 14 heteroatoms. The first-order chi connectivity index (χ1) is 16.3. The van der Waals surface area contributed by atoms with Gasteiger partial charge in [-0.15, -0.1) is 0 Å². The molecule has 35 heavy (non-hydrogen) atoms. The van der Waals surface area contributed by atoms with Crippen molar-refractivity contribution in [1.29, 1.82) is 0 Å². The van der Waals surface area contributed by atoms with Crippen molar-refractivity contribution >= 4 is 17.6 Å². The Balaban J connectivity index is 2.17. The van der Waals surface area contributed by atoms with Crippen molar-refractivity contribution in [1.82, 2.24) is 14.1 Å². The number of pyridine rings is 1. The van der Waals surface area contributed by atoms with Gasteiger partial charge in [-0.25, -0.2) is 23.5 Å². The molecule has 0 aliphatic heterocycles. The Bertz CT molecular complexity index is 1400.